The van der Waals surface area contributed by atoms with Crippen LogP contribution >= 0.6 is 0 Å². The van der Waals surface area contributed by atoms with E-state index in [4.69, 9.17) is 0 Å². The van der Waals surface area contributed by atoms with E-state index in [0.717, 1.165) is 0 Å². The molecule has 0 aromatic heterocycles. The van der Waals surface area contributed by atoms with E-state index in [1.807, 2.05) is 50.2 Å². The second kappa shape index (κ2) is 8.07. The summed E-state index contributed by atoms with van der Waals surface area (Å²) in [5.41, 5.74) is 2.34. The predicted octanol–water partition coefficient (Wildman–Crippen LogP) is 4.41. The van der Waals surface area contributed by atoms with Crippen molar-refractivity contribution >= 4 is 5.78 Å². The zero-order valence-corrected chi connectivity index (χ0v) is 14.5. The Morgan fingerprint density at radius 3 is 1.57 bits per heavy atom. The Bertz CT molecular complexity index is 565. The Kier molecular flexibility index (Phi) is 6.12. The molecule has 0 bridgehead atoms. The standard InChI is InChI=1S/C21H27NO/c1-15(2)21(23)20(22-16(3)4)19(17-11-7-5-8-12-17)18-13-9-6-10-14-18/h5-16,19-20,22H,1-4H3. The molecule has 2 aromatic rings. The molecule has 2 nitrogen and oxygen atoms in total. The molecular weight excluding hydrogens is 282 g/mol. The highest BCUT2D eigenvalue weighted by Crippen LogP contribution is 2.30. The van der Waals surface area contributed by atoms with Gasteiger partial charge in [0.1, 0.15) is 0 Å². The molecule has 0 fully saturated rings. The number of benzene rings is 2. The molecule has 1 N–H and O–H groups in total. The summed E-state index contributed by atoms with van der Waals surface area (Å²) < 4.78 is 0. The van der Waals surface area contributed by atoms with Gasteiger partial charge in [0.15, 0.2) is 5.78 Å². The molecule has 0 aliphatic rings. The monoisotopic (exact) mass is 309 g/mol. The fourth-order valence-electron chi connectivity index (χ4n) is 2.96. The van der Waals surface area contributed by atoms with Crippen molar-refractivity contribution in [3.05, 3.63) is 71.8 Å². The molecule has 0 aliphatic heterocycles. The summed E-state index contributed by atoms with van der Waals surface area (Å²) in [6, 6.07) is 20.7. The molecule has 122 valence electrons. The van der Waals surface area contributed by atoms with Crippen molar-refractivity contribution in [1.82, 2.24) is 5.32 Å². The molecule has 0 saturated carbocycles. The lowest BCUT2D eigenvalue weighted by Crippen LogP contribution is -2.47. The van der Waals surface area contributed by atoms with Crippen LogP contribution in [0.2, 0.25) is 0 Å². The summed E-state index contributed by atoms with van der Waals surface area (Å²) in [5.74, 6) is 0.285. The highest BCUT2D eigenvalue weighted by atomic mass is 16.1. The normalized spacial score (nSPS) is 12.8. The SMILES string of the molecule is CC(C)NC(C(=O)C(C)C)C(c1ccccc1)c1ccccc1. The van der Waals surface area contributed by atoms with Crippen LogP contribution in [-0.4, -0.2) is 17.9 Å². The second-order valence-corrected chi connectivity index (χ2v) is 6.66. The molecule has 0 heterocycles. The first-order valence-electron chi connectivity index (χ1n) is 8.40. The third kappa shape index (κ3) is 4.52. The number of rotatable bonds is 7. The van der Waals surface area contributed by atoms with Crippen LogP contribution in [0.4, 0.5) is 0 Å². The van der Waals surface area contributed by atoms with Crippen molar-refractivity contribution in [2.45, 2.75) is 45.7 Å². The molecule has 0 radical (unpaired) electrons. The van der Waals surface area contributed by atoms with E-state index in [1.54, 1.807) is 0 Å². The minimum absolute atomic E-state index is 0.00109. The van der Waals surface area contributed by atoms with Gasteiger partial charge in [0.05, 0.1) is 6.04 Å². The van der Waals surface area contributed by atoms with Gasteiger partial charge in [0.2, 0.25) is 0 Å². The number of carbonyl (C=O) groups is 1. The van der Waals surface area contributed by atoms with E-state index in [2.05, 4.69) is 43.4 Å². The maximum Gasteiger partial charge on any atom is 0.153 e. The summed E-state index contributed by atoms with van der Waals surface area (Å²) in [6.45, 7) is 8.14. The van der Waals surface area contributed by atoms with Gasteiger partial charge in [-0.3, -0.25) is 4.79 Å². The lowest BCUT2D eigenvalue weighted by atomic mass is 9.80. The van der Waals surface area contributed by atoms with Crippen molar-refractivity contribution < 1.29 is 4.79 Å². The van der Waals surface area contributed by atoms with Gasteiger partial charge in [-0.25, -0.2) is 0 Å². The van der Waals surface area contributed by atoms with Gasteiger partial charge < -0.3 is 5.32 Å². The van der Waals surface area contributed by atoms with Gasteiger partial charge in [0.25, 0.3) is 0 Å². The van der Waals surface area contributed by atoms with Crippen LogP contribution in [0, 0.1) is 5.92 Å². The first-order chi connectivity index (χ1) is 11.0. The van der Waals surface area contributed by atoms with Crippen molar-refractivity contribution in [3.63, 3.8) is 0 Å². The first kappa shape index (κ1) is 17.4. The zero-order chi connectivity index (χ0) is 16.8. The molecule has 1 atom stereocenters. The lowest BCUT2D eigenvalue weighted by molar-refractivity contribution is -0.124. The highest BCUT2D eigenvalue weighted by Gasteiger charge is 2.32. The van der Waals surface area contributed by atoms with Crippen LogP contribution in [-0.2, 0) is 4.79 Å². The summed E-state index contributed by atoms with van der Waals surface area (Å²) in [4.78, 5) is 12.9. The van der Waals surface area contributed by atoms with Gasteiger partial charge in [0, 0.05) is 17.9 Å². The van der Waals surface area contributed by atoms with E-state index < -0.39 is 0 Å². The van der Waals surface area contributed by atoms with E-state index >= 15 is 0 Å². The molecule has 0 saturated heterocycles. The molecular formula is C21H27NO. The molecule has 0 aliphatic carbocycles. The summed E-state index contributed by atoms with van der Waals surface area (Å²) in [6.07, 6.45) is 0. The maximum absolute atomic E-state index is 12.9. The second-order valence-electron chi connectivity index (χ2n) is 6.66. The predicted molar refractivity (Wildman–Crippen MR) is 96.6 cm³/mol. The topological polar surface area (TPSA) is 29.1 Å². The van der Waals surface area contributed by atoms with Gasteiger partial charge in [-0.2, -0.15) is 0 Å². The number of hydrogen-bond donors (Lipinski definition) is 1. The van der Waals surface area contributed by atoms with E-state index in [1.165, 1.54) is 11.1 Å². The Balaban J connectivity index is 2.51. The lowest BCUT2D eigenvalue weighted by Gasteiger charge is -2.31. The number of nitrogens with one attached hydrogen (secondary N) is 1. The summed E-state index contributed by atoms with van der Waals surface area (Å²) >= 11 is 0. The van der Waals surface area contributed by atoms with Gasteiger partial charge in [-0.05, 0) is 11.1 Å². The molecule has 1 unspecified atom stereocenters. The minimum Gasteiger partial charge on any atom is -0.304 e. The van der Waals surface area contributed by atoms with Crippen molar-refractivity contribution in [1.29, 1.82) is 0 Å². The average molecular weight is 309 g/mol. The van der Waals surface area contributed by atoms with Gasteiger partial charge in [-0.15, -0.1) is 0 Å². The molecule has 23 heavy (non-hydrogen) atoms. The average Bonchev–Trinajstić information content (AvgIpc) is 2.55. The Morgan fingerprint density at radius 2 is 1.22 bits per heavy atom. The van der Waals surface area contributed by atoms with Crippen molar-refractivity contribution in [3.8, 4) is 0 Å². The number of carbonyl (C=O) groups excluding carboxylic acids is 1. The third-order valence-corrected chi connectivity index (χ3v) is 4.04. The highest BCUT2D eigenvalue weighted by molar-refractivity contribution is 5.87. The molecule has 0 amide bonds. The van der Waals surface area contributed by atoms with E-state index in [-0.39, 0.29) is 29.7 Å². The van der Waals surface area contributed by atoms with Gasteiger partial charge in [-0.1, -0.05) is 88.4 Å². The van der Waals surface area contributed by atoms with Crippen LogP contribution in [0.15, 0.2) is 60.7 Å². The third-order valence-electron chi connectivity index (χ3n) is 4.04. The smallest absolute Gasteiger partial charge is 0.153 e. The maximum atomic E-state index is 12.9. The summed E-state index contributed by atoms with van der Waals surface area (Å²) in [7, 11) is 0. The van der Waals surface area contributed by atoms with Crippen LogP contribution in [0.5, 0.6) is 0 Å². The number of ketones is 1. The number of hydrogen-bond acceptors (Lipinski definition) is 2. The Labute approximate surface area is 139 Å². The first-order valence-corrected chi connectivity index (χ1v) is 8.40. The quantitative estimate of drug-likeness (QED) is 0.821. The van der Waals surface area contributed by atoms with Crippen molar-refractivity contribution in [2.75, 3.05) is 0 Å². The molecule has 2 rings (SSSR count). The fraction of sp³-hybridized carbons (Fsp3) is 0.381. The zero-order valence-electron chi connectivity index (χ0n) is 14.5. The Hall–Kier alpha value is -1.93. The Morgan fingerprint density at radius 1 is 0.783 bits per heavy atom. The van der Waals surface area contributed by atoms with E-state index in [0.29, 0.717) is 0 Å². The van der Waals surface area contributed by atoms with Gasteiger partial charge >= 0.3 is 0 Å². The molecule has 2 heteroatoms. The fourth-order valence-corrected chi connectivity index (χ4v) is 2.96. The van der Waals surface area contributed by atoms with Crippen LogP contribution in [0.1, 0.15) is 44.7 Å². The van der Waals surface area contributed by atoms with Crippen LogP contribution in [0.3, 0.4) is 0 Å². The largest absolute Gasteiger partial charge is 0.304 e. The van der Waals surface area contributed by atoms with Crippen molar-refractivity contribution in [2.24, 2.45) is 5.92 Å². The summed E-state index contributed by atoms with van der Waals surface area (Å²) in [5, 5.41) is 3.51. The van der Waals surface area contributed by atoms with E-state index in [9.17, 15) is 4.79 Å². The molecule has 2 aromatic carbocycles. The molecule has 0 spiro atoms. The van der Waals surface area contributed by atoms with Crippen LogP contribution in [0.25, 0.3) is 0 Å². The minimum atomic E-state index is -0.222. The van der Waals surface area contributed by atoms with Crippen LogP contribution < -0.4 is 5.32 Å². The number of Topliss-reactive ketones (excluding diaryl/α,β-unsaturated/α-hetero) is 1.